The second-order valence-electron chi connectivity index (χ2n) is 11.8. The molecule has 39 heavy (non-hydrogen) atoms. The third-order valence-corrected chi connectivity index (χ3v) is 13.1. The molecule has 0 aliphatic carbocycles. The van der Waals surface area contributed by atoms with E-state index >= 15 is 0 Å². The molecule has 0 saturated carbocycles. The van der Waals surface area contributed by atoms with Gasteiger partial charge >= 0.3 is 5.97 Å². The molecule has 6 nitrogen and oxygen atoms in total. The fraction of sp³-hybridized carbons (Fsp3) is 0.406. The second-order valence-corrected chi connectivity index (χ2v) is 16.1. The number of benzene rings is 3. The molecule has 2 aliphatic heterocycles. The number of fused-ring (bicyclic) bond motifs is 1. The first-order chi connectivity index (χ1) is 18.6. The predicted octanol–water partition coefficient (Wildman–Crippen LogP) is 5.05. The summed E-state index contributed by atoms with van der Waals surface area (Å²) >= 11 is 0. The highest BCUT2D eigenvalue weighted by atomic mass is 28.4. The summed E-state index contributed by atoms with van der Waals surface area (Å²) in [6.07, 6.45) is 0.0371. The van der Waals surface area contributed by atoms with Crippen LogP contribution in [0, 0.1) is 0 Å². The molecule has 3 aromatic rings. The van der Waals surface area contributed by atoms with Gasteiger partial charge in [0.15, 0.2) is 0 Å². The minimum Gasteiger partial charge on any atom is -0.496 e. The lowest BCUT2D eigenvalue weighted by atomic mass is 9.84. The third kappa shape index (κ3) is 4.99. The molecule has 3 atom stereocenters. The molecule has 0 aromatic heterocycles. The molecule has 0 radical (unpaired) electrons. The molecule has 1 fully saturated rings. The topological polar surface area (TPSA) is 74.2 Å². The lowest BCUT2D eigenvalue weighted by molar-refractivity contribution is -0.153. The van der Waals surface area contributed by atoms with E-state index in [0.717, 1.165) is 5.56 Å². The number of carbonyl (C=O) groups is 1. The van der Waals surface area contributed by atoms with Crippen LogP contribution in [0.25, 0.3) is 0 Å². The smallest absolute Gasteiger partial charge is 0.306 e. The molecule has 0 amide bonds. The van der Waals surface area contributed by atoms with Crippen LogP contribution in [0.2, 0.25) is 5.04 Å². The monoisotopic (exact) mass is 546 g/mol. The maximum absolute atomic E-state index is 11.8. The van der Waals surface area contributed by atoms with E-state index in [9.17, 15) is 9.90 Å². The fourth-order valence-electron chi connectivity index (χ4n) is 6.21. The molecule has 1 N–H and O–H groups in total. The van der Waals surface area contributed by atoms with Gasteiger partial charge in [-0.25, -0.2) is 0 Å². The average molecular weight is 547 g/mol. The van der Waals surface area contributed by atoms with Crippen LogP contribution in [0.5, 0.6) is 11.5 Å². The number of hydrogen-bond donors (Lipinski definition) is 1. The van der Waals surface area contributed by atoms with Crippen molar-refractivity contribution < 1.29 is 28.5 Å². The van der Waals surface area contributed by atoms with Crippen molar-refractivity contribution in [2.75, 3.05) is 7.11 Å². The number of ether oxygens (including phenoxy) is 3. The summed E-state index contributed by atoms with van der Waals surface area (Å²) in [4.78, 5) is 11.8. The van der Waals surface area contributed by atoms with Gasteiger partial charge in [-0.3, -0.25) is 4.79 Å². The van der Waals surface area contributed by atoms with E-state index in [1.54, 1.807) is 7.11 Å². The summed E-state index contributed by atoms with van der Waals surface area (Å²) in [5.74, 6) is 0.876. The first kappa shape index (κ1) is 27.4. The average Bonchev–Trinajstić information content (AvgIpc) is 3.36. The lowest BCUT2D eigenvalue weighted by Crippen LogP contribution is -2.66. The largest absolute Gasteiger partial charge is 0.496 e. The Morgan fingerprint density at radius 2 is 1.64 bits per heavy atom. The normalized spacial score (nSPS) is 23.1. The SMILES string of the molecule is COc1cc(CO[Si](c2ccccc2)(c2ccccc2)C(C)(C)C)cc2c1[C@H](O)C[C@](C)([C@@H]1CCC(=O)O1)O2. The van der Waals surface area contributed by atoms with E-state index in [2.05, 4.69) is 69.3 Å². The molecule has 5 rings (SSSR count). The van der Waals surface area contributed by atoms with Crippen molar-refractivity contribution in [2.45, 2.75) is 76.4 Å². The lowest BCUT2D eigenvalue weighted by Gasteiger charge is -2.43. The Labute approximate surface area is 232 Å². The van der Waals surface area contributed by atoms with Crippen LogP contribution in [0.3, 0.4) is 0 Å². The van der Waals surface area contributed by atoms with Gasteiger partial charge in [0, 0.05) is 12.8 Å². The number of esters is 1. The van der Waals surface area contributed by atoms with Crippen LogP contribution in [0.4, 0.5) is 0 Å². The van der Waals surface area contributed by atoms with E-state index < -0.39 is 26.1 Å². The van der Waals surface area contributed by atoms with Crippen LogP contribution in [-0.4, -0.2) is 38.2 Å². The van der Waals surface area contributed by atoms with Crippen LogP contribution in [0.1, 0.15) is 64.2 Å². The predicted molar refractivity (Wildman–Crippen MR) is 153 cm³/mol. The summed E-state index contributed by atoms with van der Waals surface area (Å²) in [5, 5.41) is 13.4. The number of hydrogen-bond acceptors (Lipinski definition) is 6. The van der Waals surface area contributed by atoms with Gasteiger partial charge in [-0.05, 0) is 46.5 Å². The Morgan fingerprint density at radius 1 is 1.03 bits per heavy atom. The van der Waals surface area contributed by atoms with E-state index in [-0.39, 0.29) is 11.0 Å². The molecular weight excluding hydrogens is 508 g/mol. The molecule has 2 aliphatic rings. The van der Waals surface area contributed by atoms with Crippen LogP contribution < -0.4 is 19.8 Å². The second kappa shape index (κ2) is 10.4. The van der Waals surface area contributed by atoms with Gasteiger partial charge in [0.1, 0.15) is 23.2 Å². The molecular formula is C32H38O6Si. The first-order valence-electron chi connectivity index (χ1n) is 13.6. The van der Waals surface area contributed by atoms with Crippen molar-refractivity contribution in [1.29, 1.82) is 0 Å². The highest BCUT2D eigenvalue weighted by Crippen LogP contribution is 2.48. The zero-order valence-electron chi connectivity index (χ0n) is 23.4. The minimum absolute atomic E-state index is 0.161. The molecule has 7 heteroatoms. The summed E-state index contributed by atoms with van der Waals surface area (Å²) in [6, 6.07) is 24.9. The van der Waals surface area contributed by atoms with Crippen LogP contribution >= 0.6 is 0 Å². The summed E-state index contributed by atoms with van der Waals surface area (Å²) < 4.78 is 24.9. The van der Waals surface area contributed by atoms with Gasteiger partial charge in [0.25, 0.3) is 8.32 Å². The van der Waals surface area contributed by atoms with Crippen molar-refractivity contribution in [3.63, 3.8) is 0 Å². The molecule has 3 aromatic carbocycles. The zero-order chi connectivity index (χ0) is 27.8. The van der Waals surface area contributed by atoms with Gasteiger partial charge in [0.05, 0.1) is 25.4 Å². The third-order valence-electron chi connectivity index (χ3n) is 8.10. The Kier molecular flexibility index (Phi) is 7.35. The van der Waals surface area contributed by atoms with E-state index in [4.69, 9.17) is 18.6 Å². The summed E-state index contributed by atoms with van der Waals surface area (Å²) in [6.45, 7) is 8.99. The van der Waals surface area contributed by atoms with Crippen LogP contribution in [0.15, 0.2) is 72.8 Å². The molecule has 1 saturated heterocycles. The van der Waals surface area contributed by atoms with Gasteiger partial charge in [0.2, 0.25) is 0 Å². The highest BCUT2D eigenvalue weighted by molar-refractivity contribution is 6.99. The zero-order valence-corrected chi connectivity index (χ0v) is 24.4. The van der Waals surface area contributed by atoms with Crippen molar-refractivity contribution >= 4 is 24.7 Å². The number of aliphatic hydroxyl groups excluding tert-OH is 1. The Hall–Kier alpha value is -3.13. The first-order valence-corrected chi connectivity index (χ1v) is 15.5. The number of carbonyl (C=O) groups excluding carboxylic acids is 1. The van der Waals surface area contributed by atoms with Gasteiger partial charge in [-0.1, -0.05) is 81.4 Å². The van der Waals surface area contributed by atoms with Gasteiger partial charge in [-0.2, -0.15) is 0 Å². The van der Waals surface area contributed by atoms with E-state index in [1.807, 2.05) is 31.2 Å². The standard InChI is InChI=1S/C32H38O6Si/c1-31(2,3)39(23-12-8-6-9-13-23,24-14-10-7-11-15-24)36-21-22-18-26(35-5)30-25(33)20-32(4,38-27(30)19-22)28-16-17-29(34)37-28/h6-15,18-19,25,28,33H,16-17,20-21H2,1-5H3/t25-,28+,32-/m1/s1. The van der Waals surface area contributed by atoms with Gasteiger partial charge < -0.3 is 23.7 Å². The van der Waals surface area contributed by atoms with Crippen molar-refractivity contribution in [3.8, 4) is 11.5 Å². The Morgan fingerprint density at radius 3 is 2.15 bits per heavy atom. The maximum atomic E-state index is 11.8. The number of methoxy groups -OCH3 is 1. The molecule has 0 bridgehead atoms. The van der Waals surface area contributed by atoms with Crippen LogP contribution in [-0.2, 0) is 20.6 Å². The van der Waals surface area contributed by atoms with Crippen molar-refractivity contribution in [3.05, 3.63) is 83.9 Å². The Balaban J connectivity index is 1.54. The summed E-state index contributed by atoms with van der Waals surface area (Å²) in [5.41, 5.74) is 0.674. The van der Waals surface area contributed by atoms with E-state index in [1.165, 1.54) is 10.4 Å². The summed E-state index contributed by atoms with van der Waals surface area (Å²) in [7, 11) is -1.16. The molecule has 0 spiro atoms. The maximum Gasteiger partial charge on any atom is 0.306 e. The van der Waals surface area contributed by atoms with E-state index in [0.29, 0.717) is 42.9 Å². The molecule has 2 heterocycles. The number of aliphatic hydroxyl groups is 1. The minimum atomic E-state index is -2.75. The van der Waals surface area contributed by atoms with Crippen molar-refractivity contribution in [2.24, 2.45) is 0 Å². The quantitative estimate of drug-likeness (QED) is 0.330. The van der Waals surface area contributed by atoms with Gasteiger partial charge in [-0.15, -0.1) is 0 Å². The number of rotatable bonds is 7. The fourth-order valence-corrected chi connectivity index (χ4v) is 10.7. The molecule has 0 unspecified atom stereocenters. The number of cyclic esters (lactones) is 1. The Bertz CT molecular complexity index is 1280. The highest BCUT2D eigenvalue weighted by Gasteiger charge is 2.51. The molecule has 206 valence electrons. The van der Waals surface area contributed by atoms with Crippen molar-refractivity contribution in [1.82, 2.24) is 0 Å².